The molecule has 0 aliphatic carbocycles. The summed E-state index contributed by atoms with van der Waals surface area (Å²) in [5, 5.41) is 8.83. The van der Waals surface area contributed by atoms with Crippen LogP contribution in [0, 0.1) is 17.1 Å². The van der Waals surface area contributed by atoms with Crippen LogP contribution < -0.4 is 0 Å². The minimum atomic E-state index is -0.550. The Morgan fingerprint density at radius 3 is 2.68 bits per heavy atom. The Morgan fingerprint density at radius 1 is 1.27 bits per heavy atom. The number of nitriles is 1. The molecule has 0 atom stereocenters. The lowest BCUT2D eigenvalue weighted by Gasteiger charge is -2.17. The first kappa shape index (κ1) is 15.5. The molecule has 0 aliphatic heterocycles. The normalized spacial score (nSPS) is 9.86. The molecule has 2 rings (SSSR count). The van der Waals surface area contributed by atoms with Crippen LogP contribution in [0.15, 0.2) is 48.5 Å². The molecular formula is C17H15FN2O2. The summed E-state index contributed by atoms with van der Waals surface area (Å²) in [6.07, 6.45) is -0.550. The van der Waals surface area contributed by atoms with Gasteiger partial charge in [-0.25, -0.2) is 9.18 Å². The number of benzene rings is 2. The van der Waals surface area contributed by atoms with Crippen LogP contribution in [0.2, 0.25) is 0 Å². The first-order chi connectivity index (χ1) is 10.6. The zero-order valence-corrected chi connectivity index (χ0v) is 12.1. The van der Waals surface area contributed by atoms with E-state index in [1.807, 2.05) is 36.4 Å². The van der Waals surface area contributed by atoms with Gasteiger partial charge in [0.2, 0.25) is 0 Å². The maximum atomic E-state index is 13.7. The first-order valence-electron chi connectivity index (χ1n) is 6.70. The lowest BCUT2D eigenvalue weighted by atomic mass is 10.1. The monoisotopic (exact) mass is 298 g/mol. The Labute approximate surface area is 128 Å². The molecule has 1 amide bonds. The summed E-state index contributed by atoms with van der Waals surface area (Å²) in [4.78, 5) is 13.2. The standard InChI is InChI=1S/C17H15FN2O2/c1-20(11-15-9-14(10-19)7-8-16(15)18)17(21)22-12-13-5-3-2-4-6-13/h2-9H,11-12H2,1H3. The Hall–Kier alpha value is -2.87. The van der Waals surface area contributed by atoms with Gasteiger partial charge in [-0.2, -0.15) is 5.26 Å². The fourth-order valence-corrected chi connectivity index (χ4v) is 1.92. The molecule has 0 N–H and O–H groups in total. The molecule has 112 valence electrons. The lowest BCUT2D eigenvalue weighted by Crippen LogP contribution is -2.27. The van der Waals surface area contributed by atoms with E-state index in [0.29, 0.717) is 5.56 Å². The first-order valence-corrected chi connectivity index (χ1v) is 6.70. The molecule has 0 unspecified atom stereocenters. The quantitative estimate of drug-likeness (QED) is 0.868. The van der Waals surface area contributed by atoms with Crippen molar-refractivity contribution in [1.82, 2.24) is 4.90 Å². The van der Waals surface area contributed by atoms with Crippen molar-refractivity contribution < 1.29 is 13.9 Å². The van der Waals surface area contributed by atoms with Gasteiger partial charge in [0.1, 0.15) is 12.4 Å². The van der Waals surface area contributed by atoms with Crippen LogP contribution in [0.1, 0.15) is 16.7 Å². The van der Waals surface area contributed by atoms with Gasteiger partial charge in [-0.3, -0.25) is 0 Å². The number of carbonyl (C=O) groups is 1. The van der Waals surface area contributed by atoms with Crippen molar-refractivity contribution in [2.75, 3.05) is 7.05 Å². The van der Waals surface area contributed by atoms with Crippen molar-refractivity contribution in [2.45, 2.75) is 13.2 Å². The van der Waals surface area contributed by atoms with Crippen LogP contribution in [0.3, 0.4) is 0 Å². The Morgan fingerprint density at radius 2 is 2.00 bits per heavy atom. The van der Waals surface area contributed by atoms with Crippen LogP contribution in [-0.4, -0.2) is 18.0 Å². The zero-order chi connectivity index (χ0) is 15.9. The molecule has 0 heterocycles. The third-order valence-electron chi connectivity index (χ3n) is 3.10. The van der Waals surface area contributed by atoms with Gasteiger partial charge >= 0.3 is 6.09 Å². The van der Waals surface area contributed by atoms with Gasteiger partial charge in [0, 0.05) is 12.6 Å². The molecule has 2 aromatic rings. The molecule has 0 aliphatic rings. The van der Waals surface area contributed by atoms with Crippen molar-refractivity contribution in [2.24, 2.45) is 0 Å². The van der Waals surface area contributed by atoms with E-state index in [1.54, 1.807) is 0 Å². The highest BCUT2D eigenvalue weighted by Gasteiger charge is 2.13. The predicted octanol–water partition coefficient (Wildman–Crippen LogP) is 3.47. The Bertz CT molecular complexity index is 696. The lowest BCUT2D eigenvalue weighted by molar-refractivity contribution is 0.102. The SMILES string of the molecule is CN(Cc1cc(C#N)ccc1F)C(=O)OCc1ccccc1. The number of carbonyl (C=O) groups excluding carboxylic acids is 1. The molecule has 5 heteroatoms. The van der Waals surface area contributed by atoms with E-state index >= 15 is 0 Å². The number of ether oxygens (including phenoxy) is 1. The Balaban J connectivity index is 1.95. The maximum Gasteiger partial charge on any atom is 0.410 e. The van der Waals surface area contributed by atoms with E-state index in [0.717, 1.165) is 5.56 Å². The molecule has 4 nitrogen and oxygen atoms in total. The summed E-state index contributed by atoms with van der Waals surface area (Å²) in [5.41, 5.74) is 1.50. The average molecular weight is 298 g/mol. The molecule has 0 aromatic heterocycles. The van der Waals surface area contributed by atoms with Crippen LogP contribution in [0.4, 0.5) is 9.18 Å². The van der Waals surface area contributed by atoms with Crippen molar-refractivity contribution in [3.63, 3.8) is 0 Å². The van der Waals surface area contributed by atoms with E-state index in [-0.39, 0.29) is 18.7 Å². The van der Waals surface area contributed by atoms with Gasteiger partial charge in [0.25, 0.3) is 0 Å². The summed E-state index contributed by atoms with van der Waals surface area (Å²) >= 11 is 0. The third-order valence-corrected chi connectivity index (χ3v) is 3.10. The number of amides is 1. The molecule has 2 aromatic carbocycles. The minimum Gasteiger partial charge on any atom is -0.445 e. The molecule has 0 fully saturated rings. The predicted molar refractivity (Wildman–Crippen MR) is 79.2 cm³/mol. The van der Waals surface area contributed by atoms with Gasteiger partial charge in [-0.1, -0.05) is 30.3 Å². The van der Waals surface area contributed by atoms with E-state index in [4.69, 9.17) is 10.00 Å². The van der Waals surface area contributed by atoms with Crippen LogP contribution in [0.25, 0.3) is 0 Å². The van der Waals surface area contributed by atoms with Crippen LogP contribution in [0.5, 0.6) is 0 Å². The topological polar surface area (TPSA) is 53.3 Å². The van der Waals surface area contributed by atoms with Crippen molar-refractivity contribution in [1.29, 1.82) is 5.26 Å². The highest BCUT2D eigenvalue weighted by molar-refractivity contribution is 5.67. The van der Waals surface area contributed by atoms with Crippen molar-refractivity contribution in [3.8, 4) is 6.07 Å². The smallest absolute Gasteiger partial charge is 0.410 e. The van der Waals surface area contributed by atoms with Crippen molar-refractivity contribution >= 4 is 6.09 Å². The van der Waals surface area contributed by atoms with E-state index in [2.05, 4.69) is 0 Å². The second-order valence-electron chi connectivity index (χ2n) is 4.81. The largest absolute Gasteiger partial charge is 0.445 e. The van der Waals surface area contributed by atoms with Gasteiger partial charge in [-0.15, -0.1) is 0 Å². The summed E-state index contributed by atoms with van der Waals surface area (Å²) in [5.74, 6) is -0.457. The number of rotatable bonds is 4. The Kier molecular flexibility index (Phi) is 5.10. The highest BCUT2D eigenvalue weighted by Crippen LogP contribution is 2.13. The molecule has 0 spiro atoms. The summed E-state index contributed by atoms with van der Waals surface area (Å²) in [7, 11) is 1.52. The highest BCUT2D eigenvalue weighted by atomic mass is 19.1. The maximum absolute atomic E-state index is 13.7. The van der Waals surface area contributed by atoms with Crippen LogP contribution in [-0.2, 0) is 17.9 Å². The fourth-order valence-electron chi connectivity index (χ4n) is 1.92. The molecule has 0 saturated carbocycles. The van der Waals surface area contributed by atoms with E-state index < -0.39 is 11.9 Å². The van der Waals surface area contributed by atoms with E-state index in [9.17, 15) is 9.18 Å². The summed E-state index contributed by atoms with van der Waals surface area (Å²) < 4.78 is 18.9. The van der Waals surface area contributed by atoms with Crippen molar-refractivity contribution in [3.05, 3.63) is 71.0 Å². The van der Waals surface area contributed by atoms with Gasteiger partial charge in [0.15, 0.2) is 0 Å². The molecule has 0 bridgehead atoms. The van der Waals surface area contributed by atoms with Gasteiger partial charge in [-0.05, 0) is 23.8 Å². The number of nitrogens with zero attached hydrogens (tertiary/aromatic N) is 2. The number of halogens is 1. The second kappa shape index (κ2) is 7.23. The second-order valence-corrected chi connectivity index (χ2v) is 4.81. The number of hydrogen-bond acceptors (Lipinski definition) is 3. The summed E-state index contributed by atoms with van der Waals surface area (Å²) in [6.45, 7) is 0.194. The summed E-state index contributed by atoms with van der Waals surface area (Å²) in [6, 6.07) is 15.3. The third kappa shape index (κ3) is 4.06. The van der Waals surface area contributed by atoms with Gasteiger partial charge in [0.05, 0.1) is 18.2 Å². The zero-order valence-electron chi connectivity index (χ0n) is 12.1. The number of hydrogen-bond donors (Lipinski definition) is 0. The molecule has 0 saturated heterocycles. The fraction of sp³-hybridized carbons (Fsp3) is 0.176. The van der Waals surface area contributed by atoms with Crippen LogP contribution >= 0.6 is 0 Å². The average Bonchev–Trinajstić information content (AvgIpc) is 2.55. The van der Waals surface area contributed by atoms with E-state index in [1.165, 1.54) is 30.1 Å². The van der Waals surface area contributed by atoms with Gasteiger partial charge < -0.3 is 9.64 Å². The minimum absolute atomic E-state index is 0.0367. The molecule has 0 radical (unpaired) electrons. The molecule has 22 heavy (non-hydrogen) atoms. The molecular weight excluding hydrogens is 283 g/mol.